The van der Waals surface area contributed by atoms with Crippen molar-refractivity contribution >= 4 is 16.5 Å². The highest BCUT2D eigenvalue weighted by Crippen LogP contribution is 2.28. The van der Waals surface area contributed by atoms with E-state index in [4.69, 9.17) is 0 Å². The molecule has 0 aliphatic rings. The van der Waals surface area contributed by atoms with Gasteiger partial charge in [-0.05, 0) is 18.6 Å². The highest BCUT2D eigenvalue weighted by molar-refractivity contribution is 7.18. The molecule has 0 fully saturated rings. The smallest absolute Gasteiger partial charge is 0.206 e. The first kappa shape index (κ1) is 11.9. The van der Waals surface area contributed by atoms with Crippen molar-refractivity contribution in [1.29, 1.82) is 0 Å². The lowest BCUT2D eigenvalue weighted by Crippen LogP contribution is -1.98. The summed E-state index contributed by atoms with van der Waals surface area (Å²) in [7, 11) is 0. The Labute approximate surface area is 102 Å². The molecule has 1 heterocycles. The van der Waals surface area contributed by atoms with Crippen molar-refractivity contribution in [3.05, 3.63) is 29.8 Å². The molecule has 0 amide bonds. The van der Waals surface area contributed by atoms with Crippen LogP contribution in [-0.4, -0.2) is 16.7 Å². The first-order chi connectivity index (χ1) is 8.20. The molecule has 17 heavy (non-hydrogen) atoms. The van der Waals surface area contributed by atoms with Crippen molar-refractivity contribution in [3.8, 4) is 10.6 Å². The first-order valence-corrected chi connectivity index (χ1v) is 6.05. The largest absolute Gasteiger partial charge is 0.360 e. The fourth-order valence-corrected chi connectivity index (χ4v) is 2.09. The van der Waals surface area contributed by atoms with Gasteiger partial charge in [-0.25, -0.2) is 8.78 Å². The second-order valence-corrected chi connectivity index (χ2v) is 4.44. The maximum absolute atomic E-state index is 13.5. The number of benzene rings is 1. The van der Waals surface area contributed by atoms with Crippen molar-refractivity contribution in [1.82, 2.24) is 10.2 Å². The van der Waals surface area contributed by atoms with Crippen molar-refractivity contribution < 1.29 is 8.78 Å². The molecule has 1 N–H and O–H groups in total. The average molecular weight is 255 g/mol. The molecule has 90 valence electrons. The van der Waals surface area contributed by atoms with Gasteiger partial charge in [-0.2, -0.15) is 0 Å². The topological polar surface area (TPSA) is 37.8 Å². The number of nitrogens with zero attached hydrogens (tertiary/aromatic N) is 2. The Morgan fingerprint density at radius 1 is 1.29 bits per heavy atom. The predicted octanol–water partition coefficient (Wildman–Crippen LogP) is 3.31. The summed E-state index contributed by atoms with van der Waals surface area (Å²) < 4.78 is 26.2. The van der Waals surface area contributed by atoms with Gasteiger partial charge in [0.1, 0.15) is 11.6 Å². The van der Waals surface area contributed by atoms with Crippen LogP contribution in [0.4, 0.5) is 13.9 Å². The van der Waals surface area contributed by atoms with E-state index in [0.717, 1.165) is 19.0 Å². The standard InChI is InChI=1S/C11H11F2N3S/c1-2-5-14-11-16-15-10(17-11)8-4-3-7(12)6-9(8)13/h3-4,6H,2,5H2,1H3,(H,14,16). The van der Waals surface area contributed by atoms with Gasteiger partial charge in [0, 0.05) is 18.2 Å². The molecule has 1 aromatic carbocycles. The molecule has 1 aromatic heterocycles. The summed E-state index contributed by atoms with van der Waals surface area (Å²) >= 11 is 1.25. The summed E-state index contributed by atoms with van der Waals surface area (Å²) in [5.74, 6) is -1.22. The van der Waals surface area contributed by atoms with E-state index in [0.29, 0.717) is 10.1 Å². The molecule has 2 rings (SSSR count). The van der Waals surface area contributed by atoms with Gasteiger partial charge in [0.05, 0.1) is 0 Å². The summed E-state index contributed by atoms with van der Waals surface area (Å²) in [6, 6.07) is 3.42. The van der Waals surface area contributed by atoms with Crippen LogP contribution in [0.5, 0.6) is 0 Å². The van der Waals surface area contributed by atoms with Gasteiger partial charge in [0.2, 0.25) is 5.13 Å². The monoisotopic (exact) mass is 255 g/mol. The first-order valence-electron chi connectivity index (χ1n) is 5.23. The lowest BCUT2D eigenvalue weighted by atomic mass is 10.2. The van der Waals surface area contributed by atoms with E-state index < -0.39 is 11.6 Å². The van der Waals surface area contributed by atoms with Gasteiger partial charge in [-0.15, -0.1) is 10.2 Å². The van der Waals surface area contributed by atoms with Gasteiger partial charge in [0.25, 0.3) is 0 Å². The highest BCUT2D eigenvalue weighted by Gasteiger charge is 2.11. The van der Waals surface area contributed by atoms with Crippen molar-refractivity contribution in [3.63, 3.8) is 0 Å². The van der Waals surface area contributed by atoms with E-state index in [2.05, 4.69) is 15.5 Å². The van der Waals surface area contributed by atoms with Crippen LogP contribution in [0.15, 0.2) is 18.2 Å². The molecule has 2 aromatic rings. The zero-order chi connectivity index (χ0) is 12.3. The van der Waals surface area contributed by atoms with E-state index in [1.807, 2.05) is 6.92 Å². The fourth-order valence-electron chi connectivity index (χ4n) is 1.30. The Balaban J connectivity index is 2.24. The minimum Gasteiger partial charge on any atom is -0.360 e. The van der Waals surface area contributed by atoms with Gasteiger partial charge >= 0.3 is 0 Å². The number of halogens is 2. The number of hydrogen-bond donors (Lipinski definition) is 1. The SMILES string of the molecule is CCCNc1nnc(-c2ccc(F)cc2F)s1. The van der Waals surface area contributed by atoms with E-state index >= 15 is 0 Å². The van der Waals surface area contributed by atoms with Crippen LogP contribution < -0.4 is 5.32 Å². The molecule has 0 atom stereocenters. The zero-order valence-electron chi connectivity index (χ0n) is 9.20. The van der Waals surface area contributed by atoms with Crippen LogP contribution in [0, 0.1) is 11.6 Å². The van der Waals surface area contributed by atoms with E-state index in [-0.39, 0.29) is 5.56 Å². The Hall–Kier alpha value is -1.56. The zero-order valence-corrected chi connectivity index (χ0v) is 10.0. The second kappa shape index (κ2) is 5.18. The van der Waals surface area contributed by atoms with E-state index in [9.17, 15) is 8.78 Å². The lowest BCUT2D eigenvalue weighted by molar-refractivity contribution is 0.585. The maximum atomic E-state index is 13.5. The third kappa shape index (κ3) is 2.76. The number of anilines is 1. The van der Waals surface area contributed by atoms with Crippen LogP contribution in [-0.2, 0) is 0 Å². The Bertz CT molecular complexity index is 513. The quantitative estimate of drug-likeness (QED) is 0.910. The summed E-state index contributed by atoms with van der Waals surface area (Å²) in [6.07, 6.45) is 0.972. The molecule has 0 aliphatic carbocycles. The van der Waals surface area contributed by atoms with Crippen molar-refractivity contribution in [2.75, 3.05) is 11.9 Å². The third-order valence-corrected chi connectivity index (χ3v) is 3.03. The highest BCUT2D eigenvalue weighted by atomic mass is 32.1. The summed E-state index contributed by atoms with van der Waals surface area (Å²) in [6.45, 7) is 2.83. The maximum Gasteiger partial charge on any atom is 0.206 e. The Kier molecular flexibility index (Phi) is 3.63. The second-order valence-electron chi connectivity index (χ2n) is 3.46. The molecule has 0 aliphatic heterocycles. The molecule has 0 unspecified atom stereocenters. The van der Waals surface area contributed by atoms with Crippen molar-refractivity contribution in [2.24, 2.45) is 0 Å². The molecule has 6 heteroatoms. The van der Waals surface area contributed by atoms with Crippen LogP contribution in [0.25, 0.3) is 10.6 Å². The molecule has 3 nitrogen and oxygen atoms in total. The van der Waals surface area contributed by atoms with Crippen LogP contribution in [0.1, 0.15) is 13.3 Å². The third-order valence-electron chi connectivity index (χ3n) is 2.11. The van der Waals surface area contributed by atoms with Crippen LogP contribution in [0.3, 0.4) is 0 Å². The minimum atomic E-state index is -0.622. The Morgan fingerprint density at radius 3 is 2.82 bits per heavy atom. The number of nitrogens with one attached hydrogen (secondary N) is 1. The molecular formula is C11H11F2N3S. The normalized spacial score (nSPS) is 10.5. The van der Waals surface area contributed by atoms with Gasteiger partial charge < -0.3 is 5.32 Å². The van der Waals surface area contributed by atoms with E-state index in [1.54, 1.807) is 0 Å². The summed E-state index contributed by atoms with van der Waals surface area (Å²) in [5, 5.41) is 11.9. The van der Waals surface area contributed by atoms with Crippen molar-refractivity contribution in [2.45, 2.75) is 13.3 Å². The molecular weight excluding hydrogens is 244 g/mol. The van der Waals surface area contributed by atoms with E-state index in [1.165, 1.54) is 23.5 Å². The van der Waals surface area contributed by atoms with Gasteiger partial charge in [-0.3, -0.25) is 0 Å². The number of rotatable bonds is 4. The number of hydrogen-bond acceptors (Lipinski definition) is 4. The minimum absolute atomic E-state index is 0.272. The molecule has 0 radical (unpaired) electrons. The van der Waals surface area contributed by atoms with Gasteiger partial charge in [-0.1, -0.05) is 18.3 Å². The molecule has 0 bridgehead atoms. The predicted molar refractivity (Wildman–Crippen MR) is 64.0 cm³/mol. The summed E-state index contributed by atoms with van der Waals surface area (Å²) in [4.78, 5) is 0. The summed E-state index contributed by atoms with van der Waals surface area (Å²) in [5.41, 5.74) is 0.272. The molecule has 0 saturated heterocycles. The van der Waals surface area contributed by atoms with Gasteiger partial charge in [0.15, 0.2) is 5.01 Å². The van der Waals surface area contributed by atoms with Crippen LogP contribution >= 0.6 is 11.3 Å². The van der Waals surface area contributed by atoms with Crippen LogP contribution in [0.2, 0.25) is 0 Å². The fraction of sp³-hybridized carbons (Fsp3) is 0.273. The molecule has 0 spiro atoms. The Morgan fingerprint density at radius 2 is 2.12 bits per heavy atom. The average Bonchev–Trinajstić information content (AvgIpc) is 2.75. The lowest BCUT2D eigenvalue weighted by Gasteiger charge is -1.98. The number of aromatic nitrogens is 2. The molecule has 0 saturated carbocycles.